The van der Waals surface area contributed by atoms with E-state index in [2.05, 4.69) is 23.5 Å². The van der Waals surface area contributed by atoms with E-state index in [1.54, 1.807) is 0 Å². The first-order valence-electron chi connectivity index (χ1n) is 6.60. The van der Waals surface area contributed by atoms with Crippen molar-refractivity contribution in [1.29, 1.82) is 0 Å². The average Bonchev–Trinajstić information content (AvgIpc) is 2.29. The van der Waals surface area contributed by atoms with Crippen molar-refractivity contribution >= 4 is 5.91 Å². The van der Waals surface area contributed by atoms with E-state index in [0.29, 0.717) is 13.0 Å². The van der Waals surface area contributed by atoms with Gasteiger partial charge in [0.15, 0.2) is 0 Å². The molecule has 1 aromatic rings. The van der Waals surface area contributed by atoms with Crippen LogP contribution in [-0.2, 0) is 11.2 Å². The average molecular weight is 246 g/mol. The minimum absolute atomic E-state index is 0.0698. The van der Waals surface area contributed by atoms with Gasteiger partial charge in [-0.25, -0.2) is 0 Å². The minimum atomic E-state index is -0.142. The molecule has 3 nitrogen and oxygen atoms in total. The molecule has 1 aromatic carbocycles. The highest BCUT2D eigenvalue weighted by Gasteiger charge is 2.32. The maximum atomic E-state index is 11.9. The van der Waals surface area contributed by atoms with Gasteiger partial charge in [-0.05, 0) is 44.2 Å². The van der Waals surface area contributed by atoms with Gasteiger partial charge in [-0.15, -0.1) is 0 Å². The molecule has 1 amide bonds. The smallest absolute Gasteiger partial charge is 0.224 e. The Bertz CT molecular complexity index is 450. The molecular weight excluding hydrogens is 224 g/mol. The third-order valence-electron chi connectivity index (χ3n) is 3.84. The summed E-state index contributed by atoms with van der Waals surface area (Å²) in [6.07, 6.45) is 3.68. The predicted molar refractivity (Wildman–Crippen MR) is 73.4 cm³/mol. The lowest BCUT2D eigenvalue weighted by Crippen LogP contribution is -2.55. The number of benzene rings is 1. The Kier molecular flexibility index (Phi) is 3.71. The Labute approximate surface area is 109 Å². The molecule has 98 valence electrons. The molecule has 3 N–H and O–H groups in total. The molecule has 0 radical (unpaired) electrons. The summed E-state index contributed by atoms with van der Waals surface area (Å²) in [6, 6.07) is 6.21. The molecule has 0 saturated heterocycles. The topological polar surface area (TPSA) is 55.1 Å². The molecule has 18 heavy (non-hydrogen) atoms. The molecule has 0 spiro atoms. The highest BCUT2D eigenvalue weighted by Crippen LogP contribution is 2.28. The number of nitrogens with one attached hydrogen (secondary N) is 1. The zero-order chi connectivity index (χ0) is 13.2. The Morgan fingerprint density at radius 2 is 2.11 bits per heavy atom. The Hall–Kier alpha value is -1.35. The van der Waals surface area contributed by atoms with Crippen LogP contribution in [0.4, 0.5) is 0 Å². The predicted octanol–water partition coefficient (Wildman–Crippen LogP) is 1.84. The highest BCUT2D eigenvalue weighted by molar-refractivity contribution is 5.79. The number of nitrogens with two attached hydrogens (primary N) is 1. The van der Waals surface area contributed by atoms with Gasteiger partial charge in [0, 0.05) is 12.1 Å². The largest absolute Gasteiger partial charge is 0.354 e. The molecule has 0 aromatic heterocycles. The maximum absolute atomic E-state index is 11.9. The fourth-order valence-corrected chi connectivity index (χ4v) is 2.31. The normalized spacial score (nSPS) is 17.1. The lowest BCUT2D eigenvalue weighted by molar-refractivity contribution is -0.120. The monoisotopic (exact) mass is 246 g/mol. The number of carbonyl (C=O) groups is 1. The molecular formula is C15H22N2O. The summed E-state index contributed by atoms with van der Waals surface area (Å²) < 4.78 is 0. The molecule has 1 fully saturated rings. The number of rotatable bonds is 4. The molecule has 2 rings (SSSR count). The van der Waals surface area contributed by atoms with E-state index < -0.39 is 0 Å². The number of hydrogen-bond acceptors (Lipinski definition) is 2. The molecule has 0 atom stereocenters. The second-order valence-corrected chi connectivity index (χ2v) is 5.60. The summed E-state index contributed by atoms with van der Waals surface area (Å²) in [7, 11) is 0. The Balaban J connectivity index is 1.88. The van der Waals surface area contributed by atoms with Crippen molar-refractivity contribution in [1.82, 2.24) is 5.32 Å². The van der Waals surface area contributed by atoms with Crippen LogP contribution < -0.4 is 11.1 Å². The number of amides is 1. The van der Waals surface area contributed by atoms with E-state index in [0.717, 1.165) is 18.4 Å². The van der Waals surface area contributed by atoms with Crippen molar-refractivity contribution < 1.29 is 4.79 Å². The van der Waals surface area contributed by atoms with Gasteiger partial charge < -0.3 is 11.1 Å². The Morgan fingerprint density at radius 3 is 2.72 bits per heavy atom. The summed E-state index contributed by atoms with van der Waals surface area (Å²) >= 11 is 0. The SMILES string of the molecule is Cc1ccc(C)c(CC(=O)NCC2(N)CCC2)c1. The van der Waals surface area contributed by atoms with E-state index >= 15 is 0 Å². The number of carbonyl (C=O) groups excluding carboxylic acids is 1. The van der Waals surface area contributed by atoms with Crippen LogP contribution in [0.2, 0.25) is 0 Å². The second-order valence-electron chi connectivity index (χ2n) is 5.60. The number of hydrogen-bond donors (Lipinski definition) is 2. The minimum Gasteiger partial charge on any atom is -0.354 e. The molecule has 3 heteroatoms. The molecule has 1 saturated carbocycles. The van der Waals surface area contributed by atoms with Gasteiger partial charge in [-0.2, -0.15) is 0 Å². The van der Waals surface area contributed by atoms with Crippen molar-refractivity contribution in [3.63, 3.8) is 0 Å². The zero-order valence-corrected chi connectivity index (χ0v) is 11.3. The van der Waals surface area contributed by atoms with E-state index in [4.69, 9.17) is 5.73 Å². The standard InChI is InChI=1S/C15H22N2O/c1-11-4-5-12(2)13(8-11)9-14(18)17-10-15(16)6-3-7-15/h4-5,8H,3,6-7,9-10,16H2,1-2H3,(H,17,18). The number of aryl methyl sites for hydroxylation is 2. The first-order valence-corrected chi connectivity index (χ1v) is 6.60. The van der Waals surface area contributed by atoms with Crippen LogP contribution in [0.1, 0.15) is 36.0 Å². The van der Waals surface area contributed by atoms with Gasteiger partial charge in [-0.3, -0.25) is 4.79 Å². The van der Waals surface area contributed by atoms with Gasteiger partial charge >= 0.3 is 0 Å². The van der Waals surface area contributed by atoms with E-state index in [1.807, 2.05) is 13.8 Å². The van der Waals surface area contributed by atoms with Crippen LogP contribution in [0.15, 0.2) is 18.2 Å². The molecule has 0 bridgehead atoms. The van der Waals surface area contributed by atoms with Crippen LogP contribution >= 0.6 is 0 Å². The third-order valence-corrected chi connectivity index (χ3v) is 3.84. The fourth-order valence-electron chi connectivity index (χ4n) is 2.31. The summed E-state index contributed by atoms with van der Waals surface area (Å²) in [5.41, 5.74) is 9.41. The van der Waals surface area contributed by atoms with Crippen LogP contribution in [0.25, 0.3) is 0 Å². The maximum Gasteiger partial charge on any atom is 0.224 e. The molecule has 0 heterocycles. The van der Waals surface area contributed by atoms with Crippen molar-refractivity contribution in [2.45, 2.75) is 45.1 Å². The van der Waals surface area contributed by atoms with Gasteiger partial charge in [0.05, 0.1) is 6.42 Å². The lowest BCUT2D eigenvalue weighted by Gasteiger charge is -2.38. The summed E-state index contributed by atoms with van der Waals surface area (Å²) in [6.45, 7) is 4.69. The molecule has 0 aliphatic heterocycles. The van der Waals surface area contributed by atoms with Crippen LogP contribution in [0, 0.1) is 13.8 Å². The van der Waals surface area contributed by atoms with Gasteiger partial charge in [0.2, 0.25) is 5.91 Å². The van der Waals surface area contributed by atoms with E-state index in [-0.39, 0.29) is 11.4 Å². The van der Waals surface area contributed by atoms with E-state index in [1.165, 1.54) is 17.5 Å². The summed E-state index contributed by atoms with van der Waals surface area (Å²) in [5.74, 6) is 0.0698. The first-order chi connectivity index (χ1) is 8.48. The Morgan fingerprint density at radius 1 is 1.39 bits per heavy atom. The first kappa shape index (κ1) is 13.1. The quantitative estimate of drug-likeness (QED) is 0.851. The fraction of sp³-hybridized carbons (Fsp3) is 0.533. The second kappa shape index (κ2) is 5.11. The van der Waals surface area contributed by atoms with Crippen molar-refractivity contribution in [3.8, 4) is 0 Å². The van der Waals surface area contributed by atoms with Gasteiger partial charge in [-0.1, -0.05) is 23.8 Å². The van der Waals surface area contributed by atoms with Crippen LogP contribution in [0.3, 0.4) is 0 Å². The highest BCUT2D eigenvalue weighted by atomic mass is 16.1. The van der Waals surface area contributed by atoms with Gasteiger partial charge in [0.25, 0.3) is 0 Å². The summed E-state index contributed by atoms with van der Waals surface area (Å²) in [5, 5.41) is 2.96. The van der Waals surface area contributed by atoms with Gasteiger partial charge in [0.1, 0.15) is 0 Å². The van der Waals surface area contributed by atoms with Crippen molar-refractivity contribution in [2.24, 2.45) is 5.73 Å². The third kappa shape index (κ3) is 3.10. The molecule has 0 unspecified atom stereocenters. The molecule has 1 aliphatic rings. The van der Waals surface area contributed by atoms with Crippen molar-refractivity contribution in [3.05, 3.63) is 34.9 Å². The van der Waals surface area contributed by atoms with Crippen molar-refractivity contribution in [2.75, 3.05) is 6.54 Å². The van der Waals surface area contributed by atoms with Crippen LogP contribution in [0.5, 0.6) is 0 Å². The molecule has 1 aliphatic carbocycles. The van der Waals surface area contributed by atoms with E-state index in [9.17, 15) is 4.79 Å². The lowest BCUT2D eigenvalue weighted by atomic mass is 9.78. The summed E-state index contributed by atoms with van der Waals surface area (Å²) in [4.78, 5) is 11.9. The zero-order valence-electron chi connectivity index (χ0n) is 11.3. The van der Waals surface area contributed by atoms with Crippen LogP contribution in [-0.4, -0.2) is 18.0 Å².